The van der Waals surface area contributed by atoms with Crippen molar-refractivity contribution >= 4 is 5.96 Å². The van der Waals surface area contributed by atoms with E-state index in [1.807, 2.05) is 0 Å². The molecule has 0 aromatic heterocycles. The molecule has 20 heavy (non-hydrogen) atoms. The van der Waals surface area contributed by atoms with Crippen molar-refractivity contribution in [2.75, 3.05) is 39.3 Å². The maximum absolute atomic E-state index is 4.65. The van der Waals surface area contributed by atoms with E-state index in [2.05, 4.69) is 34.4 Å². The van der Waals surface area contributed by atoms with Crippen molar-refractivity contribution in [2.24, 2.45) is 16.8 Å². The van der Waals surface area contributed by atoms with Gasteiger partial charge in [0.25, 0.3) is 0 Å². The molecule has 2 rings (SSSR count). The lowest BCUT2D eigenvalue weighted by Gasteiger charge is -2.30. The van der Waals surface area contributed by atoms with E-state index in [4.69, 9.17) is 0 Å². The summed E-state index contributed by atoms with van der Waals surface area (Å²) in [6.07, 6.45) is 6.74. The van der Waals surface area contributed by atoms with Gasteiger partial charge in [0.15, 0.2) is 5.96 Å². The van der Waals surface area contributed by atoms with Crippen molar-refractivity contribution in [2.45, 2.75) is 46.0 Å². The van der Waals surface area contributed by atoms with Crippen LogP contribution in [0.1, 0.15) is 46.0 Å². The Kier molecular flexibility index (Phi) is 6.64. The van der Waals surface area contributed by atoms with Crippen LogP contribution in [0.5, 0.6) is 0 Å². The van der Waals surface area contributed by atoms with Gasteiger partial charge in [0.1, 0.15) is 0 Å². The highest BCUT2D eigenvalue weighted by Gasteiger charge is 2.20. The molecule has 1 unspecified atom stereocenters. The summed E-state index contributed by atoms with van der Waals surface area (Å²) in [5, 5.41) is 6.80. The van der Waals surface area contributed by atoms with E-state index < -0.39 is 0 Å². The number of nitrogens with zero attached hydrogens (tertiary/aromatic N) is 2. The summed E-state index contributed by atoms with van der Waals surface area (Å²) in [6.45, 7) is 11.3. The second-order valence-electron chi connectivity index (χ2n) is 6.49. The van der Waals surface area contributed by atoms with Crippen LogP contribution in [0.15, 0.2) is 4.99 Å². The molecule has 116 valence electrons. The largest absolute Gasteiger partial charge is 0.357 e. The normalized spacial score (nSPS) is 24.7. The summed E-state index contributed by atoms with van der Waals surface area (Å²) in [6, 6.07) is 0. The molecule has 0 bridgehead atoms. The molecule has 1 saturated heterocycles. The predicted molar refractivity (Wildman–Crippen MR) is 86.2 cm³/mol. The first-order valence-electron chi connectivity index (χ1n) is 8.52. The lowest BCUT2D eigenvalue weighted by Crippen LogP contribution is -2.40. The first-order valence-corrected chi connectivity index (χ1v) is 8.52. The first-order chi connectivity index (χ1) is 9.78. The molecule has 0 radical (unpaired) electrons. The molecular weight excluding hydrogens is 248 g/mol. The molecule has 1 aliphatic heterocycles. The van der Waals surface area contributed by atoms with Crippen LogP contribution in [-0.4, -0.2) is 50.1 Å². The molecular formula is C16H32N4. The van der Waals surface area contributed by atoms with E-state index in [0.29, 0.717) is 0 Å². The van der Waals surface area contributed by atoms with Gasteiger partial charge in [-0.2, -0.15) is 0 Å². The maximum Gasteiger partial charge on any atom is 0.191 e. The van der Waals surface area contributed by atoms with Gasteiger partial charge in [-0.3, -0.25) is 4.99 Å². The minimum atomic E-state index is 0.861. The molecule has 0 aromatic rings. The zero-order chi connectivity index (χ0) is 14.2. The Morgan fingerprint density at radius 2 is 2.10 bits per heavy atom. The maximum atomic E-state index is 4.65. The standard InChI is InChI=1S/C16H32N4/c1-3-17-16(19-12-15-7-8-15)18-9-5-11-20-10-4-6-14(2)13-20/h14-15H,3-13H2,1-2H3,(H2,17,18,19). The summed E-state index contributed by atoms with van der Waals surface area (Å²) in [5.74, 6) is 2.75. The van der Waals surface area contributed by atoms with E-state index in [1.54, 1.807) is 0 Å². The summed E-state index contributed by atoms with van der Waals surface area (Å²) in [5.41, 5.74) is 0. The molecule has 0 aromatic carbocycles. The van der Waals surface area contributed by atoms with Gasteiger partial charge in [0.05, 0.1) is 0 Å². The topological polar surface area (TPSA) is 39.7 Å². The minimum Gasteiger partial charge on any atom is -0.357 e. The number of likely N-dealkylation sites (tertiary alicyclic amines) is 1. The Bertz CT molecular complexity index is 299. The number of nitrogens with one attached hydrogen (secondary N) is 2. The van der Waals surface area contributed by atoms with E-state index >= 15 is 0 Å². The van der Waals surface area contributed by atoms with Gasteiger partial charge < -0.3 is 15.5 Å². The molecule has 0 amide bonds. The number of guanidine groups is 1. The zero-order valence-corrected chi connectivity index (χ0v) is 13.3. The van der Waals surface area contributed by atoms with E-state index in [9.17, 15) is 0 Å². The Labute approximate surface area is 124 Å². The molecule has 2 fully saturated rings. The van der Waals surface area contributed by atoms with Crippen LogP contribution >= 0.6 is 0 Å². The van der Waals surface area contributed by atoms with Gasteiger partial charge in [0, 0.05) is 26.2 Å². The molecule has 1 saturated carbocycles. The molecule has 4 nitrogen and oxygen atoms in total. The molecule has 1 atom stereocenters. The van der Waals surface area contributed by atoms with Crippen LogP contribution in [0.3, 0.4) is 0 Å². The third-order valence-electron chi connectivity index (χ3n) is 4.23. The van der Waals surface area contributed by atoms with Gasteiger partial charge in [-0.05, 0) is 64.0 Å². The highest BCUT2D eigenvalue weighted by molar-refractivity contribution is 5.79. The lowest BCUT2D eigenvalue weighted by molar-refractivity contribution is 0.182. The zero-order valence-electron chi connectivity index (χ0n) is 13.3. The Hall–Kier alpha value is -0.770. The summed E-state index contributed by atoms with van der Waals surface area (Å²) in [4.78, 5) is 7.27. The van der Waals surface area contributed by atoms with E-state index in [-0.39, 0.29) is 0 Å². The van der Waals surface area contributed by atoms with Crippen LogP contribution in [0.4, 0.5) is 0 Å². The quantitative estimate of drug-likeness (QED) is 0.426. The third kappa shape index (κ3) is 6.12. The predicted octanol–water partition coefficient (Wildman–Crippen LogP) is 2.07. The number of rotatable bonds is 7. The fourth-order valence-corrected chi connectivity index (χ4v) is 2.86. The molecule has 0 spiro atoms. The minimum absolute atomic E-state index is 0.861. The van der Waals surface area contributed by atoms with Crippen molar-refractivity contribution in [1.29, 1.82) is 0 Å². The van der Waals surface area contributed by atoms with Crippen LogP contribution in [-0.2, 0) is 0 Å². The molecule has 2 N–H and O–H groups in total. The van der Waals surface area contributed by atoms with E-state index in [0.717, 1.165) is 37.4 Å². The van der Waals surface area contributed by atoms with Crippen LogP contribution in [0.2, 0.25) is 0 Å². The Morgan fingerprint density at radius 3 is 2.80 bits per heavy atom. The number of piperidine rings is 1. The van der Waals surface area contributed by atoms with Crippen molar-refractivity contribution in [3.63, 3.8) is 0 Å². The second kappa shape index (κ2) is 8.50. The Morgan fingerprint density at radius 1 is 1.25 bits per heavy atom. The van der Waals surface area contributed by atoms with E-state index in [1.165, 1.54) is 51.7 Å². The highest BCUT2D eigenvalue weighted by atomic mass is 15.2. The second-order valence-corrected chi connectivity index (χ2v) is 6.49. The monoisotopic (exact) mass is 280 g/mol. The molecule has 1 aliphatic carbocycles. The van der Waals surface area contributed by atoms with Gasteiger partial charge in [-0.1, -0.05) is 6.92 Å². The summed E-state index contributed by atoms with van der Waals surface area (Å²) < 4.78 is 0. The fraction of sp³-hybridized carbons (Fsp3) is 0.938. The summed E-state index contributed by atoms with van der Waals surface area (Å²) in [7, 11) is 0. The van der Waals surface area contributed by atoms with Gasteiger partial charge in [-0.15, -0.1) is 0 Å². The molecule has 1 heterocycles. The van der Waals surface area contributed by atoms with Gasteiger partial charge in [-0.25, -0.2) is 0 Å². The first kappa shape index (κ1) is 15.6. The summed E-state index contributed by atoms with van der Waals surface area (Å²) >= 11 is 0. The van der Waals surface area contributed by atoms with Crippen molar-refractivity contribution in [3.05, 3.63) is 0 Å². The highest BCUT2D eigenvalue weighted by Crippen LogP contribution is 2.28. The number of hydrogen-bond acceptors (Lipinski definition) is 2. The molecule has 4 heteroatoms. The van der Waals surface area contributed by atoms with Crippen LogP contribution in [0.25, 0.3) is 0 Å². The van der Waals surface area contributed by atoms with Crippen molar-refractivity contribution in [3.8, 4) is 0 Å². The average molecular weight is 280 g/mol. The average Bonchev–Trinajstić information content (AvgIpc) is 3.25. The van der Waals surface area contributed by atoms with Crippen LogP contribution in [0, 0.1) is 11.8 Å². The smallest absolute Gasteiger partial charge is 0.191 e. The van der Waals surface area contributed by atoms with Crippen molar-refractivity contribution in [1.82, 2.24) is 15.5 Å². The van der Waals surface area contributed by atoms with Gasteiger partial charge in [0.2, 0.25) is 0 Å². The number of hydrogen-bond donors (Lipinski definition) is 2. The van der Waals surface area contributed by atoms with Crippen molar-refractivity contribution < 1.29 is 0 Å². The lowest BCUT2D eigenvalue weighted by atomic mass is 10.0. The Balaban J connectivity index is 1.58. The van der Waals surface area contributed by atoms with Gasteiger partial charge >= 0.3 is 0 Å². The fourth-order valence-electron chi connectivity index (χ4n) is 2.86. The third-order valence-corrected chi connectivity index (χ3v) is 4.23. The SMILES string of the molecule is CCNC(=NCC1CC1)NCCCN1CCCC(C)C1. The molecule has 2 aliphatic rings. The van der Waals surface area contributed by atoms with Crippen LogP contribution < -0.4 is 10.6 Å². The number of aliphatic imine (C=N–C) groups is 1.